The van der Waals surface area contributed by atoms with E-state index < -0.39 is 0 Å². The summed E-state index contributed by atoms with van der Waals surface area (Å²) in [7, 11) is 1.43. The molecule has 20 heavy (non-hydrogen) atoms. The van der Waals surface area contributed by atoms with Crippen LogP contribution in [-0.4, -0.2) is 41.0 Å². The Kier molecular flexibility index (Phi) is 4.51. The molecule has 2 heterocycles. The number of hydrogen-bond acceptors (Lipinski definition) is 7. The predicted octanol–water partition coefficient (Wildman–Crippen LogP) is 0.312. The van der Waals surface area contributed by atoms with Gasteiger partial charge in [-0.3, -0.25) is 9.69 Å². The Morgan fingerprint density at radius 3 is 2.95 bits per heavy atom. The summed E-state index contributed by atoms with van der Waals surface area (Å²) in [6, 6.07) is 1.79. The second-order valence-corrected chi connectivity index (χ2v) is 5.26. The largest absolute Gasteiger partial charge is 0.469 e. The van der Waals surface area contributed by atoms with E-state index in [1.54, 1.807) is 6.07 Å². The Balaban J connectivity index is 2.04. The first-order valence-corrected chi connectivity index (χ1v) is 6.65. The van der Waals surface area contributed by atoms with E-state index in [4.69, 9.17) is 10.6 Å². The Labute approximate surface area is 118 Å². The molecule has 7 nitrogen and oxygen atoms in total. The minimum atomic E-state index is -0.144. The standard InChI is InChI=1S/C13H21N5O2/c1-8-5-18(6-10(8)13(19)20-3)7-12-15-9(2)4-11(16-12)17-14/h4,8,10H,5-7,14H2,1-3H3,(H,15,16,17). The second-order valence-electron chi connectivity index (χ2n) is 5.26. The molecule has 0 aromatic carbocycles. The summed E-state index contributed by atoms with van der Waals surface area (Å²) in [5.74, 6) is 6.75. The number of aryl methyl sites for hydroxylation is 1. The van der Waals surface area contributed by atoms with Crippen molar-refractivity contribution in [3.8, 4) is 0 Å². The number of rotatable bonds is 4. The van der Waals surface area contributed by atoms with Crippen LogP contribution in [0.1, 0.15) is 18.4 Å². The van der Waals surface area contributed by atoms with Crippen molar-refractivity contribution < 1.29 is 9.53 Å². The Morgan fingerprint density at radius 1 is 1.55 bits per heavy atom. The number of nitrogens with two attached hydrogens (primary N) is 1. The third-order valence-corrected chi connectivity index (χ3v) is 3.61. The summed E-state index contributed by atoms with van der Waals surface area (Å²) in [4.78, 5) is 22.6. The van der Waals surface area contributed by atoms with Crippen LogP contribution < -0.4 is 11.3 Å². The number of carbonyl (C=O) groups is 1. The van der Waals surface area contributed by atoms with Gasteiger partial charge in [-0.05, 0) is 12.8 Å². The average molecular weight is 279 g/mol. The highest BCUT2D eigenvalue weighted by Crippen LogP contribution is 2.25. The van der Waals surface area contributed by atoms with Gasteiger partial charge in [0.2, 0.25) is 0 Å². The minimum absolute atomic E-state index is 0.0723. The third-order valence-electron chi connectivity index (χ3n) is 3.61. The van der Waals surface area contributed by atoms with Gasteiger partial charge >= 0.3 is 5.97 Å². The Bertz CT molecular complexity index is 494. The maximum atomic E-state index is 11.7. The van der Waals surface area contributed by atoms with Crippen molar-refractivity contribution in [3.05, 3.63) is 17.6 Å². The number of methoxy groups -OCH3 is 1. The van der Waals surface area contributed by atoms with Gasteiger partial charge in [0.1, 0.15) is 11.6 Å². The lowest BCUT2D eigenvalue weighted by atomic mass is 9.99. The van der Waals surface area contributed by atoms with Gasteiger partial charge in [-0.2, -0.15) is 0 Å². The van der Waals surface area contributed by atoms with Crippen LogP contribution >= 0.6 is 0 Å². The number of esters is 1. The number of likely N-dealkylation sites (tertiary alicyclic amines) is 1. The molecule has 0 saturated carbocycles. The lowest BCUT2D eigenvalue weighted by molar-refractivity contribution is -0.146. The van der Waals surface area contributed by atoms with Crippen LogP contribution in [0.3, 0.4) is 0 Å². The predicted molar refractivity (Wildman–Crippen MR) is 74.5 cm³/mol. The van der Waals surface area contributed by atoms with Crippen LogP contribution in [0.2, 0.25) is 0 Å². The highest BCUT2D eigenvalue weighted by atomic mass is 16.5. The monoisotopic (exact) mass is 279 g/mol. The van der Waals surface area contributed by atoms with Gasteiger partial charge < -0.3 is 10.2 Å². The molecular weight excluding hydrogens is 258 g/mol. The van der Waals surface area contributed by atoms with Crippen LogP contribution in [-0.2, 0) is 16.1 Å². The molecule has 1 saturated heterocycles. The fourth-order valence-corrected chi connectivity index (χ4v) is 2.63. The second kappa shape index (κ2) is 6.15. The first-order valence-electron chi connectivity index (χ1n) is 6.65. The molecule has 1 aromatic rings. The lowest BCUT2D eigenvalue weighted by Crippen LogP contribution is -2.25. The molecule has 0 bridgehead atoms. The number of anilines is 1. The van der Waals surface area contributed by atoms with Gasteiger partial charge in [0, 0.05) is 24.8 Å². The van der Waals surface area contributed by atoms with Gasteiger partial charge in [-0.25, -0.2) is 15.8 Å². The molecule has 0 radical (unpaired) electrons. The van der Waals surface area contributed by atoms with E-state index in [1.165, 1.54) is 7.11 Å². The SMILES string of the molecule is COC(=O)C1CN(Cc2nc(C)cc(NN)n2)CC1C. The zero-order valence-corrected chi connectivity index (χ0v) is 12.1. The zero-order chi connectivity index (χ0) is 14.7. The summed E-state index contributed by atoms with van der Waals surface area (Å²) in [6.45, 7) is 6.08. The Hall–Kier alpha value is -1.73. The Morgan fingerprint density at radius 2 is 2.30 bits per heavy atom. The molecule has 2 unspecified atom stereocenters. The van der Waals surface area contributed by atoms with Crippen LogP contribution in [0.15, 0.2) is 6.07 Å². The van der Waals surface area contributed by atoms with Gasteiger partial charge in [0.25, 0.3) is 0 Å². The number of nitrogens with one attached hydrogen (secondary N) is 1. The van der Waals surface area contributed by atoms with Gasteiger partial charge in [-0.15, -0.1) is 0 Å². The molecule has 1 aromatic heterocycles. The molecule has 0 aliphatic carbocycles. The lowest BCUT2D eigenvalue weighted by Gasteiger charge is -2.15. The molecule has 7 heteroatoms. The number of nitrogens with zero attached hydrogens (tertiary/aromatic N) is 3. The smallest absolute Gasteiger partial charge is 0.310 e. The molecule has 2 atom stereocenters. The van der Waals surface area contributed by atoms with E-state index in [0.717, 1.165) is 12.2 Å². The topological polar surface area (TPSA) is 93.4 Å². The summed E-state index contributed by atoms with van der Waals surface area (Å²) in [5.41, 5.74) is 3.40. The van der Waals surface area contributed by atoms with Crippen LogP contribution in [0.4, 0.5) is 5.82 Å². The molecule has 3 N–H and O–H groups in total. The summed E-state index contributed by atoms with van der Waals surface area (Å²) < 4.78 is 4.84. The van der Waals surface area contributed by atoms with Crippen molar-refractivity contribution in [2.45, 2.75) is 20.4 Å². The number of aromatic nitrogens is 2. The number of hydrogen-bond donors (Lipinski definition) is 2. The van der Waals surface area contributed by atoms with Crippen molar-refractivity contribution in [1.82, 2.24) is 14.9 Å². The average Bonchev–Trinajstić information content (AvgIpc) is 2.77. The molecule has 0 spiro atoms. The van der Waals surface area contributed by atoms with Gasteiger partial charge in [-0.1, -0.05) is 6.92 Å². The van der Waals surface area contributed by atoms with E-state index in [1.807, 2.05) is 6.92 Å². The van der Waals surface area contributed by atoms with E-state index >= 15 is 0 Å². The van der Waals surface area contributed by atoms with E-state index in [-0.39, 0.29) is 17.8 Å². The minimum Gasteiger partial charge on any atom is -0.469 e. The van der Waals surface area contributed by atoms with E-state index in [0.29, 0.717) is 24.7 Å². The zero-order valence-electron chi connectivity index (χ0n) is 12.1. The highest BCUT2D eigenvalue weighted by molar-refractivity contribution is 5.73. The van der Waals surface area contributed by atoms with Crippen molar-refractivity contribution in [2.75, 3.05) is 25.6 Å². The summed E-state index contributed by atoms with van der Waals surface area (Å²) in [5, 5.41) is 0. The number of ether oxygens (including phenoxy) is 1. The number of carbonyl (C=O) groups excluding carboxylic acids is 1. The molecule has 0 amide bonds. The van der Waals surface area contributed by atoms with Crippen molar-refractivity contribution in [1.29, 1.82) is 0 Å². The highest BCUT2D eigenvalue weighted by Gasteiger charge is 2.35. The maximum absolute atomic E-state index is 11.7. The first-order chi connectivity index (χ1) is 9.53. The summed E-state index contributed by atoms with van der Waals surface area (Å²) >= 11 is 0. The molecule has 1 fully saturated rings. The molecular formula is C13H21N5O2. The maximum Gasteiger partial charge on any atom is 0.310 e. The van der Waals surface area contributed by atoms with Crippen molar-refractivity contribution in [3.63, 3.8) is 0 Å². The quantitative estimate of drug-likeness (QED) is 0.465. The van der Waals surface area contributed by atoms with Crippen LogP contribution in [0.25, 0.3) is 0 Å². The fraction of sp³-hybridized carbons (Fsp3) is 0.615. The van der Waals surface area contributed by atoms with Crippen LogP contribution in [0, 0.1) is 18.8 Å². The van der Waals surface area contributed by atoms with Gasteiger partial charge in [0.05, 0.1) is 19.6 Å². The molecule has 1 aliphatic heterocycles. The third kappa shape index (κ3) is 3.23. The first kappa shape index (κ1) is 14.7. The molecule has 1 aliphatic rings. The summed E-state index contributed by atoms with van der Waals surface area (Å²) in [6.07, 6.45) is 0. The van der Waals surface area contributed by atoms with E-state index in [2.05, 4.69) is 27.2 Å². The number of nitrogen functional groups attached to an aromatic ring is 1. The molecule has 110 valence electrons. The fourth-order valence-electron chi connectivity index (χ4n) is 2.63. The van der Waals surface area contributed by atoms with Crippen molar-refractivity contribution >= 4 is 11.8 Å². The van der Waals surface area contributed by atoms with Gasteiger partial charge in [0.15, 0.2) is 0 Å². The van der Waals surface area contributed by atoms with E-state index in [9.17, 15) is 4.79 Å². The normalized spacial score (nSPS) is 22.8. The van der Waals surface area contributed by atoms with Crippen molar-refractivity contribution in [2.24, 2.45) is 17.7 Å². The molecule has 2 rings (SSSR count). The van der Waals surface area contributed by atoms with Crippen LogP contribution in [0.5, 0.6) is 0 Å². The number of hydrazine groups is 1.